The molecule has 0 rings (SSSR count). The SMILES string of the molecule is O=C=NCCCCCCCCCCCCC[Si](Cl)(Cl)Cl. The van der Waals surface area contributed by atoms with Crippen LogP contribution in [0, 0.1) is 0 Å². The Morgan fingerprint density at radius 1 is 0.700 bits per heavy atom. The van der Waals surface area contributed by atoms with Crippen molar-refractivity contribution in [1.82, 2.24) is 0 Å². The van der Waals surface area contributed by atoms with Gasteiger partial charge in [0.1, 0.15) is 0 Å². The fourth-order valence-corrected chi connectivity index (χ4v) is 4.01. The van der Waals surface area contributed by atoms with E-state index in [4.69, 9.17) is 33.2 Å². The number of rotatable bonds is 14. The van der Waals surface area contributed by atoms with Gasteiger partial charge in [-0.15, -0.1) is 33.2 Å². The molecule has 0 saturated carbocycles. The van der Waals surface area contributed by atoms with E-state index in [9.17, 15) is 4.79 Å². The molecule has 0 aromatic carbocycles. The lowest BCUT2D eigenvalue weighted by molar-refractivity contribution is 0.547. The molecule has 0 saturated heterocycles. The van der Waals surface area contributed by atoms with Crippen molar-refractivity contribution in [3.63, 3.8) is 0 Å². The van der Waals surface area contributed by atoms with E-state index in [0.29, 0.717) is 6.54 Å². The van der Waals surface area contributed by atoms with Crippen LogP contribution in [0.4, 0.5) is 0 Å². The van der Waals surface area contributed by atoms with Crippen LogP contribution in [0.2, 0.25) is 6.04 Å². The molecule has 6 heteroatoms. The largest absolute Gasteiger partial charge is 0.341 e. The van der Waals surface area contributed by atoms with Gasteiger partial charge in [-0.25, -0.2) is 9.79 Å². The molecular formula is C14H26Cl3NOSi. The number of hydrogen-bond donors (Lipinski definition) is 0. The number of carbonyl (C=O) groups excluding carboxylic acids is 1. The maximum absolute atomic E-state index is 9.85. The first-order valence-electron chi connectivity index (χ1n) is 7.66. The number of aliphatic imine (C=N–C) groups is 1. The summed E-state index contributed by atoms with van der Waals surface area (Å²) >= 11 is 17.5. The molecule has 20 heavy (non-hydrogen) atoms. The topological polar surface area (TPSA) is 29.4 Å². The fourth-order valence-electron chi connectivity index (χ4n) is 2.15. The van der Waals surface area contributed by atoms with E-state index in [1.807, 2.05) is 0 Å². The number of unbranched alkanes of at least 4 members (excludes halogenated alkanes) is 10. The van der Waals surface area contributed by atoms with Gasteiger partial charge in [0.2, 0.25) is 6.08 Å². The van der Waals surface area contributed by atoms with E-state index < -0.39 is 6.00 Å². The van der Waals surface area contributed by atoms with E-state index >= 15 is 0 Å². The number of halogens is 3. The highest BCUT2D eigenvalue weighted by atomic mass is 35.8. The smallest absolute Gasteiger partial charge is 0.211 e. The van der Waals surface area contributed by atoms with Gasteiger partial charge in [-0.2, -0.15) is 0 Å². The Kier molecular flexibility index (Phi) is 14.7. The summed E-state index contributed by atoms with van der Waals surface area (Å²) < 4.78 is 0. The van der Waals surface area contributed by atoms with E-state index in [0.717, 1.165) is 18.9 Å². The summed E-state index contributed by atoms with van der Waals surface area (Å²) in [6, 6.07) is -1.57. The minimum Gasteiger partial charge on any atom is -0.211 e. The van der Waals surface area contributed by atoms with Crippen LogP contribution in [0.25, 0.3) is 0 Å². The summed E-state index contributed by atoms with van der Waals surface area (Å²) in [5, 5.41) is 0. The van der Waals surface area contributed by atoms with Crippen molar-refractivity contribution in [1.29, 1.82) is 0 Å². The molecule has 0 N–H and O–H groups in total. The van der Waals surface area contributed by atoms with Gasteiger partial charge in [0.25, 0.3) is 0 Å². The van der Waals surface area contributed by atoms with Crippen LogP contribution in [0.3, 0.4) is 0 Å². The van der Waals surface area contributed by atoms with Crippen LogP contribution in [0.1, 0.15) is 70.6 Å². The molecule has 0 bridgehead atoms. The zero-order chi connectivity index (χ0) is 15.1. The third kappa shape index (κ3) is 18.5. The Labute approximate surface area is 138 Å². The van der Waals surface area contributed by atoms with E-state index in [2.05, 4.69) is 4.99 Å². The van der Waals surface area contributed by atoms with Gasteiger partial charge in [0.15, 0.2) is 0 Å². The maximum Gasteiger partial charge on any atom is 0.341 e. The van der Waals surface area contributed by atoms with Crippen LogP contribution in [-0.4, -0.2) is 18.6 Å². The van der Waals surface area contributed by atoms with Crippen molar-refractivity contribution in [3.8, 4) is 0 Å². The molecule has 0 atom stereocenters. The second-order valence-electron chi connectivity index (χ2n) is 5.23. The van der Waals surface area contributed by atoms with Crippen molar-refractivity contribution in [2.45, 2.75) is 76.7 Å². The summed E-state index contributed by atoms with van der Waals surface area (Å²) in [7, 11) is 0. The molecule has 0 spiro atoms. The van der Waals surface area contributed by atoms with Crippen molar-refractivity contribution >= 4 is 45.3 Å². The molecular weight excluding hydrogens is 333 g/mol. The molecule has 2 nitrogen and oxygen atoms in total. The summed E-state index contributed by atoms with van der Waals surface area (Å²) in [6.45, 7) is 0.639. The van der Waals surface area contributed by atoms with Gasteiger partial charge in [-0.1, -0.05) is 64.2 Å². The summed E-state index contributed by atoms with van der Waals surface area (Å²) in [5.74, 6) is 0. The van der Waals surface area contributed by atoms with Crippen LogP contribution in [0.5, 0.6) is 0 Å². The van der Waals surface area contributed by atoms with Gasteiger partial charge < -0.3 is 0 Å². The third-order valence-corrected chi connectivity index (χ3v) is 5.92. The second kappa shape index (κ2) is 14.4. The zero-order valence-electron chi connectivity index (χ0n) is 12.2. The van der Waals surface area contributed by atoms with Crippen LogP contribution >= 0.6 is 33.2 Å². The number of nitrogens with zero attached hydrogens (tertiary/aromatic N) is 1. The minimum absolute atomic E-state index is 0.639. The average molecular weight is 359 g/mol. The van der Waals surface area contributed by atoms with Crippen molar-refractivity contribution in [2.24, 2.45) is 4.99 Å². The van der Waals surface area contributed by atoms with E-state index in [-0.39, 0.29) is 0 Å². The first kappa shape index (κ1) is 20.5. The number of isocyanates is 1. The van der Waals surface area contributed by atoms with Crippen LogP contribution in [-0.2, 0) is 4.79 Å². The Balaban J connectivity index is 3.04. The first-order chi connectivity index (χ1) is 9.56. The highest BCUT2D eigenvalue weighted by molar-refractivity contribution is 7.64. The Hall–Kier alpha value is 0.467. The summed E-state index contributed by atoms with van der Waals surface area (Å²) in [6.07, 6.45) is 15.1. The molecule has 0 amide bonds. The normalized spacial score (nSPS) is 11.3. The van der Waals surface area contributed by atoms with Crippen molar-refractivity contribution in [3.05, 3.63) is 0 Å². The first-order valence-corrected chi connectivity index (χ1v) is 12.9. The van der Waals surface area contributed by atoms with Gasteiger partial charge in [-0.3, -0.25) is 0 Å². The minimum atomic E-state index is -2.37. The lowest BCUT2D eigenvalue weighted by Gasteiger charge is -2.06. The Bertz CT molecular complexity index is 266. The molecule has 0 heterocycles. The van der Waals surface area contributed by atoms with Gasteiger partial charge in [0, 0.05) is 0 Å². The average Bonchev–Trinajstić information content (AvgIpc) is 2.38. The summed E-state index contributed by atoms with van der Waals surface area (Å²) in [4.78, 5) is 13.4. The summed E-state index contributed by atoms with van der Waals surface area (Å²) in [5.41, 5.74) is 0. The lowest BCUT2D eigenvalue weighted by atomic mass is 10.1. The zero-order valence-corrected chi connectivity index (χ0v) is 15.4. The highest BCUT2D eigenvalue weighted by Crippen LogP contribution is 2.27. The number of hydrogen-bond acceptors (Lipinski definition) is 2. The van der Waals surface area contributed by atoms with Crippen molar-refractivity contribution in [2.75, 3.05) is 6.54 Å². The van der Waals surface area contributed by atoms with E-state index in [1.165, 1.54) is 57.8 Å². The quantitative estimate of drug-likeness (QED) is 0.118. The van der Waals surface area contributed by atoms with Crippen molar-refractivity contribution < 1.29 is 4.79 Å². The molecule has 0 radical (unpaired) electrons. The maximum atomic E-state index is 9.85. The molecule has 0 aliphatic heterocycles. The highest BCUT2D eigenvalue weighted by Gasteiger charge is 2.23. The van der Waals surface area contributed by atoms with Gasteiger partial charge >= 0.3 is 6.00 Å². The molecule has 0 aliphatic carbocycles. The molecule has 0 aromatic heterocycles. The lowest BCUT2D eigenvalue weighted by Crippen LogP contribution is -2.07. The van der Waals surface area contributed by atoms with E-state index in [1.54, 1.807) is 6.08 Å². The van der Waals surface area contributed by atoms with Gasteiger partial charge in [0.05, 0.1) is 6.54 Å². The molecule has 0 unspecified atom stereocenters. The Morgan fingerprint density at radius 2 is 1.10 bits per heavy atom. The predicted octanol–water partition coefficient (Wildman–Crippen LogP) is 6.27. The monoisotopic (exact) mass is 357 g/mol. The fraction of sp³-hybridized carbons (Fsp3) is 0.929. The molecule has 118 valence electrons. The molecule has 0 aromatic rings. The predicted molar refractivity (Wildman–Crippen MR) is 91.9 cm³/mol. The molecule has 0 fully saturated rings. The standard InChI is InChI=1S/C14H26Cl3NOSi/c15-20(16,17)13-11-9-7-5-3-1-2-4-6-8-10-12-18-14-19/h1-13H2. The second-order valence-corrected chi connectivity index (χ2v) is 14.5. The van der Waals surface area contributed by atoms with Crippen LogP contribution in [0.15, 0.2) is 4.99 Å². The van der Waals surface area contributed by atoms with Crippen LogP contribution < -0.4 is 0 Å². The third-order valence-electron chi connectivity index (χ3n) is 3.29. The van der Waals surface area contributed by atoms with Gasteiger partial charge in [-0.05, 0) is 12.5 Å². The Morgan fingerprint density at radius 3 is 1.50 bits per heavy atom. The molecule has 0 aliphatic rings.